The SMILES string of the molecule is CCCCC1CCC(C(=O)NCC(Cl)CC)CC1. The Morgan fingerprint density at radius 1 is 1.28 bits per heavy atom. The van der Waals surface area contributed by atoms with Crippen LogP contribution >= 0.6 is 11.6 Å². The van der Waals surface area contributed by atoms with Crippen molar-refractivity contribution < 1.29 is 4.79 Å². The lowest BCUT2D eigenvalue weighted by atomic mass is 9.79. The molecule has 0 heterocycles. The van der Waals surface area contributed by atoms with Gasteiger partial charge in [-0.05, 0) is 38.0 Å². The minimum atomic E-state index is 0.0786. The summed E-state index contributed by atoms with van der Waals surface area (Å²) in [4.78, 5) is 12.0. The molecule has 0 aliphatic heterocycles. The normalized spacial score (nSPS) is 25.7. The van der Waals surface area contributed by atoms with E-state index in [0.29, 0.717) is 6.54 Å². The van der Waals surface area contributed by atoms with Crippen molar-refractivity contribution in [3.8, 4) is 0 Å². The minimum Gasteiger partial charge on any atom is -0.354 e. The standard InChI is InChI=1S/C15H28ClNO/c1-3-5-6-12-7-9-13(10-8-12)15(18)17-11-14(16)4-2/h12-14H,3-11H2,1-2H3,(H,17,18). The highest BCUT2D eigenvalue weighted by Gasteiger charge is 2.25. The number of amides is 1. The molecule has 0 aromatic carbocycles. The molecule has 1 amide bonds. The van der Waals surface area contributed by atoms with E-state index in [9.17, 15) is 4.79 Å². The van der Waals surface area contributed by atoms with Crippen LogP contribution in [0.3, 0.4) is 0 Å². The third-order valence-corrected chi connectivity index (χ3v) is 4.59. The van der Waals surface area contributed by atoms with E-state index in [2.05, 4.69) is 12.2 Å². The quantitative estimate of drug-likeness (QED) is 0.695. The molecule has 106 valence electrons. The summed E-state index contributed by atoms with van der Waals surface area (Å²) in [7, 11) is 0. The van der Waals surface area contributed by atoms with Crippen LogP contribution in [0.5, 0.6) is 0 Å². The number of carbonyl (C=O) groups is 1. The Balaban J connectivity index is 2.19. The van der Waals surface area contributed by atoms with Gasteiger partial charge in [-0.3, -0.25) is 4.79 Å². The molecule has 1 unspecified atom stereocenters. The molecule has 0 aromatic heterocycles. The van der Waals surface area contributed by atoms with Crippen molar-refractivity contribution in [3.05, 3.63) is 0 Å². The molecule has 0 radical (unpaired) electrons. The molecule has 1 aliphatic carbocycles. The van der Waals surface area contributed by atoms with Crippen molar-refractivity contribution >= 4 is 17.5 Å². The number of hydrogen-bond acceptors (Lipinski definition) is 1. The van der Waals surface area contributed by atoms with Gasteiger partial charge in [0.05, 0.1) is 5.38 Å². The molecule has 1 rings (SSSR count). The van der Waals surface area contributed by atoms with E-state index in [1.165, 1.54) is 32.1 Å². The number of rotatable bonds is 7. The topological polar surface area (TPSA) is 29.1 Å². The van der Waals surface area contributed by atoms with Crippen LogP contribution in [0.2, 0.25) is 0 Å². The Bertz CT molecular complexity index is 237. The Hall–Kier alpha value is -0.240. The van der Waals surface area contributed by atoms with Gasteiger partial charge >= 0.3 is 0 Å². The predicted octanol–water partition coefficient (Wildman–Crippen LogP) is 4.12. The summed E-state index contributed by atoms with van der Waals surface area (Å²) in [6.07, 6.45) is 9.49. The summed E-state index contributed by atoms with van der Waals surface area (Å²) >= 11 is 6.01. The summed E-state index contributed by atoms with van der Waals surface area (Å²) in [6, 6.07) is 0. The van der Waals surface area contributed by atoms with Gasteiger partial charge in [-0.1, -0.05) is 33.1 Å². The first-order valence-electron chi connectivity index (χ1n) is 7.59. The summed E-state index contributed by atoms with van der Waals surface area (Å²) < 4.78 is 0. The summed E-state index contributed by atoms with van der Waals surface area (Å²) in [5.41, 5.74) is 0. The van der Waals surface area contributed by atoms with Gasteiger partial charge in [0.2, 0.25) is 5.91 Å². The molecule has 3 heteroatoms. The second-order valence-electron chi connectivity index (χ2n) is 5.61. The highest BCUT2D eigenvalue weighted by atomic mass is 35.5. The fourth-order valence-corrected chi connectivity index (χ4v) is 2.78. The van der Waals surface area contributed by atoms with Crippen molar-refractivity contribution in [1.82, 2.24) is 5.32 Å². The van der Waals surface area contributed by atoms with Crippen LogP contribution in [0.1, 0.15) is 65.2 Å². The van der Waals surface area contributed by atoms with E-state index >= 15 is 0 Å². The average molecular weight is 274 g/mol. The molecular weight excluding hydrogens is 246 g/mol. The Kier molecular flexibility index (Phi) is 7.73. The van der Waals surface area contributed by atoms with Crippen LogP contribution in [0.25, 0.3) is 0 Å². The van der Waals surface area contributed by atoms with Crippen molar-refractivity contribution in [2.24, 2.45) is 11.8 Å². The van der Waals surface area contributed by atoms with Gasteiger partial charge in [-0.25, -0.2) is 0 Å². The maximum atomic E-state index is 12.0. The first-order chi connectivity index (χ1) is 8.67. The molecule has 1 N–H and O–H groups in total. The molecule has 18 heavy (non-hydrogen) atoms. The van der Waals surface area contributed by atoms with Gasteiger partial charge < -0.3 is 5.32 Å². The summed E-state index contributed by atoms with van der Waals surface area (Å²) in [5.74, 6) is 1.33. The zero-order chi connectivity index (χ0) is 13.4. The van der Waals surface area contributed by atoms with E-state index in [-0.39, 0.29) is 17.2 Å². The van der Waals surface area contributed by atoms with Crippen molar-refractivity contribution in [3.63, 3.8) is 0 Å². The zero-order valence-corrected chi connectivity index (χ0v) is 12.6. The summed E-state index contributed by atoms with van der Waals surface area (Å²) in [5, 5.41) is 3.07. The smallest absolute Gasteiger partial charge is 0.223 e. The lowest BCUT2D eigenvalue weighted by molar-refractivity contribution is -0.126. The lowest BCUT2D eigenvalue weighted by Gasteiger charge is -2.28. The summed E-state index contributed by atoms with van der Waals surface area (Å²) in [6.45, 7) is 4.91. The second kappa shape index (κ2) is 8.79. The van der Waals surface area contributed by atoms with Gasteiger partial charge in [0.25, 0.3) is 0 Å². The molecule has 0 bridgehead atoms. The zero-order valence-electron chi connectivity index (χ0n) is 11.9. The van der Waals surface area contributed by atoms with Crippen LogP contribution in [-0.2, 0) is 4.79 Å². The van der Waals surface area contributed by atoms with Crippen LogP contribution in [-0.4, -0.2) is 17.8 Å². The first-order valence-corrected chi connectivity index (χ1v) is 8.02. The Morgan fingerprint density at radius 2 is 1.94 bits per heavy atom. The molecule has 1 aliphatic rings. The fraction of sp³-hybridized carbons (Fsp3) is 0.933. The van der Waals surface area contributed by atoms with Gasteiger partial charge in [-0.2, -0.15) is 0 Å². The predicted molar refractivity (Wildman–Crippen MR) is 77.9 cm³/mol. The number of hydrogen-bond donors (Lipinski definition) is 1. The van der Waals surface area contributed by atoms with Crippen molar-refractivity contribution in [2.75, 3.05) is 6.54 Å². The third kappa shape index (κ3) is 5.60. The van der Waals surface area contributed by atoms with Gasteiger partial charge in [0.15, 0.2) is 0 Å². The van der Waals surface area contributed by atoms with Gasteiger partial charge in [0.1, 0.15) is 0 Å². The third-order valence-electron chi connectivity index (χ3n) is 4.12. The van der Waals surface area contributed by atoms with Gasteiger partial charge in [0, 0.05) is 12.5 Å². The maximum absolute atomic E-state index is 12.0. The molecular formula is C15H28ClNO. The number of alkyl halides is 1. The number of unbranched alkanes of at least 4 members (excludes halogenated alkanes) is 1. The number of halogens is 1. The molecule has 1 saturated carbocycles. The van der Waals surface area contributed by atoms with Crippen molar-refractivity contribution in [2.45, 2.75) is 70.6 Å². The Labute approximate surface area is 117 Å². The van der Waals surface area contributed by atoms with E-state index in [1.54, 1.807) is 0 Å². The van der Waals surface area contributed by atoms with Crippen LogP contribution in [0.15, 0.2) is 0 Å². The van der Waals surface area contributed by atoms with Crippen LogP contribution in [0.4, 0.5) is 0 Å². The second-order valence-corrected chi connectivity index (χ2v) is 6.23. The van der Waals surface area contributed by atoms with Crippen molar-refractivity contribution in [1.29, 1.82) is 0 Å². The van der Waals surface area contributed by atoms with Crippen LogP contribution < -0.4 is 5.32 Å². The number of nitrogens with one attached hydrogen (secondary N) is 1. The minimum absolute atomic E-state index is 0.0786. The molecule has 0 aromatic rings. The van der Waals surface area contributed by atoms with E-state index < -0.39 is 0 Å². The first kappa shape index (κ1) is 15.8. The van der Waals surface area contributed by atoms with Crippen LogP contribution in [0, 0.1) is 11.8 Å². The monoisotopic (exact) mass is 273 g/mol. The van der Waals surface area contributed by atoms with Gasteiger partial charge in [-0.15, -0.1) is 11.6 Å². The largest absolute Gasteiger partial charge is 0.354 e. The van der Waals surface area contributed by atoms with E-state index in [1.807, 2.05) is 6.92 Å². The average Bonchev–Trinajstić information content (AvgIpc) is 2.42. The maximum Gasteiger partial charge on any atom is 0.223 e. The molecule has 1 fully saturated rings. The fourth-order valence-electron chi connectivity index (χ4n) is 2.71. The molecule has 0 saturated heterocycles. The molecule has 0 spiro atoms. The lowest BCUT2D eigenvalue weighted by Crippen LogP contribution is -2.36. The molecule has 1 atom stereocenters. The van der Waals surface area contributed by atoms with E-state index in [0.717, 1.165) is 25.2 Å². The highest BCUT2D eigenvalue weighted by molar-refractivity contribution is 6.20. The Morgan fingerprint density at radius 3 is 2.50 bits per heavy atom. The highest BCUT2D eigenvalue weighted by Crippen LogP contribution is 2.31. The number of carbonyl (C=O) groups excluding carboxylic acids is 1. The van der Waals surface area contributed by atoms with E-state index in [4.69, 9.17) is 11.6 Å². The molecule has 2 nitrogen and oxygen atoms in total.